The third kappa shape index (κ3) is 4.74. The van der Waals surface area contributed by atoms with E-state index in [2.05, 4.69) is 49.2 Å². The molecule has 0 unspecified atom stereocenters. The zero-order valence-corrected chi connectivity index (χ0v) is 10.5. The molecular formula is C15H19N. The molecule has 0 fully saturated rings. The van der Waals surface area contributed by atoms with E-state index in [9.17, 15) is 0 Å². The van der Waals surface area contributed by atoms with Gasteiger partial charge in [-0.05, 0) is 38.8 Å². The molecule has 84 valence electrons. The number of nitrogens with zero attached hydrogens (tertiary/aromatic N) is 1. The van der Waals surface area contributed by atoms with Gasteiger partial charge in [0.25, 0.3) is 0 Å². The van der Waals surface area contributed by atoms with Gasteiger partial charge in [0.1, 0.15) is 0 Å². The Morgan fingerprint density at radius 1 is 0.688 bits per heavy atom. The molecule has 1 heterocycles. The molecule has 2 rings (SSSR count). The van der Waals surface area contributed by atoms with Crippen LogP contribution in [-0.2, 0) is 0 Å². The number of aromatic nitrogens is 1. The predicted octanol–water partition coefficient (Wildman–Crippen LogP) is 4.00. The van der Waals surface area contributed by atoms with Crippen LogP contribution in [0.25, 0.3) is 0 Å². The SMILES string of the molecule is Cc1cccc(C)c1.Cc1cncc(C)c1. The first kappa shape index (κ1) is 12.4. The third-order valence-electron chi connectivity index (χ3n) is 2.19. The van der Waals surface area contributed by atoms with Gasteiger partial charge in [0.2, 0.25) is 0 Å². The summed E-state index contributed by atoms with van der Waals surface area (Å²) in [4.78, 5) is 3.98. The molecule has 0 saturated carbocycles. The molecule has 0 spiro atoms. The third-order valence-corrected chi connectivity index (χ3v) is 2.19. The van der Waals surface area contributed by atoms with E-state index >= 15 is 0 Å². The highest BCUT2D eigenvalue weighted by Gasteiger charge is 1.82. The Balaban J connectivity index is 0.000000160. The predicted molar refractivity (Wildman–Crippen MR) is 69.6 cm³/mol. The number of rotatable bonds is 0. The summed E-state index contributed by atoms with van der Waals surface area (Å²) in [5.74, 6) is 0. The second kappa shape index (κ2) is 6.06. The molecule has 0 amide bonds. The van der Waals surface area contributed by atoms with Crippen LogP contribution < -0.4 is 0 Å². The maximum absolute atomic E-state index is 3.98. The molecule has 2 aromatic rings. The van der Waals surface area contributed by atoms with Crippen LogP contribution in [0.2, 0.25) is 0 Å². The molecule has 0 aliphatic rings. The van der Waals surface area contributed by atoms with Gasteiger partial charge < -0.3 is 0 Å². The van der Waals surface area contributed by atoms with Crippen molar-refractivity contribution in [3.8, 4) is 0 Å². The lowest BCUT2D eigenvalue weighted by molar-refractivity contribution is 1.22. The Kier molecular flexibility index (Phi) is 4.71. The summed E-state index contributed by atoms with van der Waals surface area (Å²) in [6, 6.07) is 10.6. The van der Waals surface area contributed by atoms with E-state index in [0.29, 0.717) is 0 Å². The minimum Gasteiger partial charge on any atom is -0.264 e. The van der Waals surface area contributed by atoms with Crippen molar-refractivity contribution in [3.05, 3.63) is 65.0 Å². The Bertz CT molecular complexity index is 369. The average Bonchev–Trinajstić information content (AvgIpc) is 2.17. The number of benzene rings is 1. The van der Waals surface area contributed by atoms with Crippen molar-refractivity contribution in [1.29, 1.82) is 0 Å². The first-order valence-electron chi connectivity index (χ1n) is 5.49. The summed E-state index contributed by atoms with van der Waals surface area (Å²) >= 11 is 0. The molecule has 1 aromatic heterocycles. The minimum atomic E-state index is 1.23. The first-order chi connectivity index (χ1) is 7.58. The second-order valence-electron chi connectivity index (χ2n) is 4.20. The quantitative estimate of drug-likeness (QED) is 0.644. The van der Waals surface area contributed by atoms with Crippen LogP contribution >= 0.6 is 0 Å². The Morgan fingerprint density at radius 2 is 1.12 bits per heavy atom. The number of hydrogen-bond donors (Lipinski definition) is 0. The van der Waals surface area contributed by atoms with Crippen molar-refractivity contribution < 1.29 is 0 Å². The lowest BCUT2D eigenvalue weighted by atomic mass is 10.2. The van der Waals surface area contributed by atoms with Crippen molar-refractivity contribution in [3.63, 3.8) is 0 Å². The van der Waals surface area contributed by atoms with Gasteiger partial charge in [0.15, 0.2) is 0 Å². The van der Waals surface area contributed by atoms with Crippen molar-refractivity contribution in [2.24, 2.45) is 0 Å². The normalized spacial score (nSPS) is 9.25. The van der Waals surface area contributed by atoms with Gasteiger partial charge in [-0.25, -0.2) is 0 Å². The molecular weight excluding hydrogens is 194 g/mol. The van der Waals surface area contributed by atoms with Crippen molar-refractivity contribution in [2.45, 2.75) is 27.7 Å². The Hall–Kier alpha value is -1.63. The maximum Gasteiger partial charge on any atom is 0.0297 e. The van der Waals surface area contributed by atoms with Gasteiger partial charge in [-0.1, -0.05) is 41.5 Å². The van der Waals surface area contributed by atoms with Gasteiger partial charge in [-0.2, -0.15) is 0 Å². The highest BCUT2D eigenvalue weighted by atomic mass is 14.6. The Labute approximate surface area is 98.2 Å². The van der Waals surface area contributed by atoms with Gasteiger partial charge in [0, 0.05) is 12.4 Å². The van der Waals surface area contributed by atoms with Crippen molar-refractivity contribution >= 4 is 0 Å². The van der Waals surface area contributed by atoms with Crippen LogP contribution in [0.3, 0.4) is 0 Å². The van der Waals surface area contributed by atoms with E-state index in [4.69, 9.17) is 0 Å². The summed E-state index contributed by atoms with van der Waals surface area (Å²) in [6.07, 6.45) is 3.71. The first-order valence-corrected chi connectivity index (χ1v) is 5.49. The van der Waals surface area contributed by atoms with Crippen LogP contribution in [0, 0.1) is 27.7 Å². The largest absolute Gasteiger partial charge is 0.264 e. The van der Waals surface area contributed by atoms with E-state index < -0.39 is 0 Å². The van der Waals surface area contributed by atoms with E-state index in [1.807, 2.05) is 26.2 Å². The highest BCUT2D eigenvalue weighted by Crippen LogP contribution is 2.00. The molecule has 1 nitrogen and oxygen atoms in total. The monoisotopic (exact) mass is 213 g/mol. The molecule has 1 aromatic carbocycles. The smallest absolute Gasteiger partial charge is 0.0297 e. The van der Waals surface area contributed by atoms with Gasteiger partial charge in [-0.3, -0.25) is 4.98 Å². The number of hydrogen-bond acceptors (Lipinski definition) is 1. The molecule has 0 aliphatic carbocycles. The molecule has 0 bridgehead atoms. The fourth-order valence-electron chi connectivity index (χ4n) is 1.51. The maximum atomic E-state index is 3.98. The molecule has 0 aliphatic heterocycles. The van der Waals surface area contributed by atoms with Crippen LogP contribution in [0.5, 0.6) is 0 Å². The fraction of sp³-hybridized carbons (Fsp3) is 0.267. The summed E-state index contributed by atoms with van der Waals surface area (Å²) in [5.41, 5.74) is 5.13. The molecule has 0 radical (unpaired) electrons. The minimum absolute atomic E-state index is 1.23. The van der Waals surface area contributed by atoms with Gasteiger partial charge in [-0.15, -0.1) is 0 Å². The van der Waals surface area contributed by atoms with Crippen LogP contribution in [-0.4, -0.2) is 4.98 Å². The van der Waals surface area contributed by atoms with Crippen LogP contribution in [0.15, 0.2) is 42.7 Å². The van der Waals surface area contributed by atoms with Crippen LogP contribution in [0.1, 0.15) is 22.3 Å². The van der Waals surface area contributed by atoms with E-state index in [-0.39, 0.29) is 0 Å². The lowest BCUT2D eigenvalue weighted by Crippen LogP contribution is -1.76. The lowest BCUT2D eigenvalue weighted by Gasteiger charge is -1.90. The molecule has 1 heteroatoms. The Morgan fingerprint density at radius 3 is 1.38 bits per heavy atom. The van der Waals surface area contributed by atoms with Crippen molar-refractivity contribution in [1.82, 2.24) is 4.98 Å². The second-order valence-corrected chi connectivity index (χ2v) is 4.20. The topological polar surface area (TPSA) is 12.9 Å². The standard InChI is InChI=1S/C8H10.C7H9N/c1-7-4-3-5-8(2)6-7;1-6-3-7(2)5-8-4-6/h3-6H,1-2H3;3-5H,1-2H3. The molecule has 0 atom stereocenters. The summed E-state index contributed by atoms with van der Waals surface area (Å²) < 4.78 is 0. The van der Waals surface area contributed by atoms with Crippen LogP contribution in [0.4, 0.5) is 0 Å². The van der Waals surface area contributed by atoms with E-state index in [1.54, 1.807) is 0 Å². The summed E-state index contributed by atoms with van der Waals surface area (Å²) in [7, 11) is 0. The zero-order chi connectivity index (χ0) is 12.0. The zero-order valence-electron chi connectivity index (χ0n) is 10.5. The average molecular weight is 213 g/mol. The van der Waals surface area contributed by atoms with Gasteiger partial charge >= 0.3 is 0 Å². The summed E-state index contributed by atoms with van der Waals surface area (Å²) in [5, 5.41) is 0. The van der Waals surface area contributed by atoms with Crippen molar-refractivity contribution in [2.75, 3.05) is 0 Å². The number of aryl methyl sites for hydroxylation is 4. The summed E-state index contributed by atoms with van der Waals surface area (Å²) in [6.45, 7) is 8.29. The van der Waals surface area contributed by atoms with E-state index in [1.165, 1.54) is 22.3 Å². The fourth-order valence-corrected chi connectivity index (χ4v) is 1.51. The molecule has 16 heavy (non-hydrogen) atoms. The number of pyridine rings is 1. The van der Waals surface area contributed by atoms with Gasteiger partial charge in [0.05, 0.1) is 0 Å². The van der Waals surface area contributed by atoms with E-state index in [0.717, 1.165) is 0 Å². The highest BCUT2D eigenvalue weighted by molar-refractivity contribution is 5.20. The molecule has 0 N–H and O–H groups in total. The molecule has 0 saturated heterocycles.